The van der Waals surface area contributed by atoms with Crippen LogP contribution in [0.2, 0.25) is 0 Å². The fourth-order valence-electron chi connectivity index (χ4n) is 3.62. The van der Waals surface area contributed by atoms with E-state index in [2.05, 4.69) is 40.5 Å². The van der Waals surface area contributed by atoms with Gasteiger partial charge in [0.25, 0.3) is 5.91 Å². The Bertz CT molecular complexity index is 704. The molecular formula is C22H28N2OS. The number of hydrogen-bond acceptors (Lipinski definition) is 3. The van der Waals surface area contributed by atoms with Crippen molar-refractivity contribution >= 4 is 17.7 Å². The molecule has 1 amide bonds. The first-order valence-electron chi connectivity index (χ1n) is 9.46. The van der Waals surface area contributed by atoms with Crippen LogP contribution in [0.1, 0.15) is 35.2 Å². The number of hydrogen-bond donors (Lipinski definition) is 1. The molecule has 1 aliphatic heterocycles. The molecule has 2 aromatic rings. The summed E-state index contributed by atoms with van der Waals surface area (Å²) in [5.41, 5.74) is 2.20. The van der Waals surface area contributed by atoms with Crippen LogP contribution in [0.25, 0.3) is 0 Å². The first-order valence-corrected chi connectivity index (χ1v) is 10.7. The van der Waals surface area contributed by atoms with E-state index in [0.717, 1.165) is 49.4 Å². The summed E-state index contributed by atoms with van der Waals surface area (Å²) in [5, 5.41) is 3.25. The van der Waals surface area contributed by atoms with Gasteiger partial charge in [-0.15, -0.1) is 11.8 Å². The van der Waals surface area contributed by atoms with Gasteiger partial charge in [-0.1, -0.05) is 42.5 Å². The Morgan fingerprint density at radius 2 is 1.92 bits per heavy atom. The Hall–Kier alpha value is -1.78. The van der Waals surface area contributed by atoms with Crippen molar-refractivity contribution in [2.75, 3.05) is 25.9 Å². The van der Waals surface area contributed by atoms with E-state index < -0.39 is 0 Å². The average molecular weight is 369 g/mol. The van der Waals surface area contributed by atoms with Crippen LogP contribution in [0, 0.1) is 0 Å². The second kappa shape index (κ2) is 9.79. The molecule has 0 bridgehead atoms. The number of nitrogens with one attached hydrogen (secondary N) is 1. The van der Waals surface area contributed by atoms with Gasteiger partial charge in [0.1, 0.15) is 0 Å². The van der Waals surface area contributed by atoms with E-state index in [9.17, 15) is 4.79 Å². The third-order valence-electron chi connectivity index (χ3n) is 4.97. The van der Waals surface area contributed by atoms with Crippen LogP contribution in [0.5, 0.6) is 0 Å². The van der Waals surface area contributed by atoms with E-state index in [0.29, 0.717) is 0 Å². The summed E-state index contributed by atoms with van der Waals surface area (Å²) in [7, 11) is 0. The summed E-state index contributed by atoms with van der Waals surface area (Å²) in [6.45, 7) is 3.20. The lowest BCUT2D eigenvalue weighted by molar-refractivity contribution is 0.0900. The van der Waals surface area contributed by atoms with Crippen molar-refractivity contribution in [3.8, 4) is 0 Å². The van der Waals surface area contributed by atoms with Gasteiger partial charge < -0.3 is 10.2 Å². The molecule has 0 radical (unpaired) electrons. The Morgan fingerprint density at radius 3 is 2.73 bits per heavy atom. The van der Waals surface area contributed by atoms with E-state index in [-0.39, 0.29) is 11.9 Å². The Kier molecular flexibility index (Phi) is 7.15. The van der Waals surface area contributed by atoms with E-state index in [4.69, 9.17) is 0 Å². The minimum absolute atomic E-state index is 0.0612. The zero-order valence-corrected chi connectivity index (χ0v) is 16.3. The maximum absolute atomic E-state index is 12.7. The number of likely N-dealkylation sites (tertiary alicyclic amines) is 1. The maximum Gasteiger partial charge on any atom is 0.252 e. The van der Waals surface area contributed by atoms with Crippen molar-refractivity contribution in [1.82, 2.24) is 10.2 Å². The minimum Gasteiger partial charge on any atom is -0.348 e. The van der Waals surface area contributed by atoms with Crippen LogP contribution in [0.3, 0.4) is 0 Å². The SMILES string of the molecule is CSc1ccccc1C(=O)N[C@H]1CCCN(CCCc2ccccc2)C1. The summed E-state index contributed by atoms with van der Waals surface area (Å²) in [4.78, 5) is 16.2. The van der Waals surface area contributed by atoms with Crippen molar-refractivity contribution in [1.29, 1.82) is 0 Å². The molecular weight excluding hydrogens is 340 g/mol. The highest BCUT2D eigenvalue weighted by atomic mass is 32.2. The zero-order valence-electron chi connectivity index (χ0n) is 15.5. The number of aryl methyl sites for hydroxylation is 1. The third kappa shape index (κ3) is 5.36. The number of benzene rings is 2. The van der Waals surface area contributed by atoms with Gasteiger partial charge in [0, 0.05) is 17.5 Å². The van der Waals surface area contributed by atoms with Crippen molar-refractivity contribution in [3.05, 3.63) is 65.7 Å². The van der Waals surface area contributed by atoms with Gasteiger partial charge in [0.2, 0.25) is 0 Å². The topological polar surface area (TPSA) is 32.3 Å². The Balaban J connectivity index is 1.48. The van der Waals surface area contributed by atoms with Gasteiger partial charge in [-0.2, -0.15) is 0 Å². The molecule has 4 heteroatoms. The lowest BCUT2D eigenvalue weighted by Crippen LogP contribution is -2.48. The fourth-order valence-corrected chi connectivity index (χ4v) is 4.22. The molecule has 2 aromatic carbocycles. The molecule has 0 saturated carbocycles. The average Bonchev–Trinajstić information content (AvgIpc) is 2.69. The lowest BCUT2D eigenvalue weighted by atomic mass is 10.0. The van der Waals surface area contributed by atoms with Crippen LogP contribution in [0.15, 0.2) is 59.5 Å². The molecule has 0 unspecified atom stereocenters. The number of amides is 1. The molecule has 26 heavy (non-hydrogen) atoms. The molecule has 3 nitrogen and oxygen atoms in total. The molecule has 1 N–H and O–H groups in total. The Morgan fingerprint density at radius 1 is 1.15 bits per heavy atom. The maximum atomic E-state index is 12.7. The lowest BCUT2D eigenvalue weighted by Gasteiger charge is -2.33. The second-order valence-electron chi connectivity index (χ2n) is 6.90. The van der Waals surface area contributed by atoms with Gasteiger partial charge in [0.15, 0.2) is 0 Å². The largest absolute Gasteiger partial charge is 0.348 e. The second-order valence-corrected chi connectivity index (χ2v) is 7.75. The molecule has 0 spiro atoms. The monoisotopic (exact) mass is 368 g/mol. The highest BCUT2D eigenvalue weighted by Crippen LogP contribution is 2.20. The number of thioether (sulfide) groups is 1. The first-order chi connectivity index (χ1) is 12.8. The molecule has 1 saturated heterocycles. The number of rotatable bonds is 7. The molecule has 138 valence electrons. The summed E-state index contributed by atoms with van der Waals surface area (Å²) in [6, 6.07) is 18.8. The minimum atomic E-state index is 0.0612. The summed E-state index contributed by atoms with van der Waals surface area (Å²) >= 11 is 1.62. The van der Waals surface area contributed by atoms with Crippen molar-refractivity contribution in [2.45, 2.75) is 36.6 Å². The van der Waals surface area contributed by atoms with E-state index >= 15 is 0 Å². The highest BCUT2D eigenvalue weighted by molar-refractivity contribution is 7.98. The summed E-state index contributed by atoms with van der Waals surface area (Å²) in [6.07, 6.45) is 6.53. The molecule has 1 fully saturated rings. The molecule has 1 aliphatic rings. The summed E-state index contributed by atoms with van der Waals surface area (Å²) in [5.74, 6) is 0.0612. The zero-order chi connectivity index (χ0) is 18.2. The Labute approximate surface area is 161 Å². The predicted molar refractivity (Wildman–Crippen MR) is 110 cm³/mol. The van der Waals surface area contributed by atoms with E-state index in [1.807, 2.05) is 30.5 Å². The highest BCUT2D eigenvalue weighted by Gasteiger charge is 2.22. The van der Waals surface area contributed by atoms with Gasteiger partial charge in [-0.05, 0) is 62.7 Å². The van der Waals surface area contributed by atoms with E-state index in [1.165, 1.54) is 12.0 Å². The molecule has 1 heterocycles. The molecule has 0 aliphatic carbocycles. The summed E-state index contributed by atoms with van der Waals surface area (Å²) < 4.78 is 0. The van der Waals surface area contributed by atoms with Crippen LogP contribution in [0.4, 0.5) is 0 Å². The fraction of sp³-hybridized carbons (Fsp3) is 0.409. The van der Waals surface area contributed by atoms with Crippen LogP contribution in [-0.2, 0) is 6.42 Å². The van der Waals surface area contributed by atoms with Crippen molar-refractivity contribution in [3.63, 3.8) is 0 Å². The third-order valence-corrected chi connectivity index (χ3v) is 5.77. The quantitative estimate of drug-likeness (QED) is 0.742. The smallest absolute Gasteiger partial charge is 0.252 e. The number of nitrogens with zero attached hydrogens (tertiary/aromatic N) is 1. The van der Waals surface area contributed by atoms with Gasteiger partial charge in [-0.25, -0.2) is 0 Å². The van der Waals surface area contributed by atoms with Gasteiger partial charge in [0.05, 0.1) is 5.56 Å². The van der Waals surface area contributed by atoms with Crippen LogP contribution in [-0.4, -0.2) is 42.7 Å². The molecule has 3 rings (SSSR count). The normalized spacial score (nSPS) is 17.8. The molecule has 0 aromatic heterocycles. The first kappa shape index (κ1) is 19.0. The van der Waals surface area contributed by atoms with Gasteiger partial charge in [-0.3, -0.25) is 4.79 Å². The number of piperidine rings is 1. The standard InChI is InChI=1S/C22H28N2OS/c1-26-21-14-6-5-13-20(21)22(25)23-19-12-8-16-24(17-19)15-7-11-18-9-3-2-4-10-18/h2-6,9-10,13-14,19H,7-8,11-12,15-17H2,1H3,(H,23,25)/t19-/m0/s1. The van der Waals surface area contributed by atoms with E-state index in [1.54, 1.807) is 11.8 Å². The number of carbonyl (C=O) groups is 1. The van der Waals surface area contributed by atoms with Crippen LogP contribution >= 0.6 is 11.8 Å². The molecule has 1 atom stereocenters. The number of carbonyl (C=O) groups excluding carboxylic acids is 1. The van der Waals surface area contributed by atoms with Crippen LogP contribution < -0.4 is 5.32 Å². The van der Waals surface area contributed by atoms with Crippen molar-refractivity contribution in [2.24, 2.45) is 0 Å². The van der Waals surface area contributed by atoms with Crippen molar-refractivity contribution < 1.29 is 4.79 Å². The predicted octanol–water partition coefficient (Wildman–Crippen LogP) is 4.24. The van der Waals surface area contributed by atoms with Gasteiger partial charge >= 0.3 is 0 Å².